The standard InChI is InChI=1S/C14H16N2O2S/c1-10(2)16(9-11-4-3-7-19-11)14(18)12-5-6-15-8-13(12)17/h3-8,10,17H,9H2,1-2H3. The van der Waals surface area contributed by atoms with Crippen molar-refractivity contribution in [1.82, 2.24) is 9.88 Å². The van der Waals surface area contributed by atoms with Gasteiger partial charge in [0.1, 0.15) is 5.75 Å². The largest absolute Gasteiger partial charge is 0.505 e. The lowest BCUT2D eigenvalue weighted by atomic mass is 10.2. The van der Waals surface area contributed by atoms with E-state index in [9.17, 15) is 9.90 Å². The fourth-order valence-electron chi connectivity index (χ4n) is 1.78. The highest BCUT2D eigenvalue weighted by molar-refractivity contribution is 7.09. The lowest BCUT2D eigenvalue weighted by Gasteiger charge is -2.26. The highest BCUT2D eigenvalue weighted by atomic mass is 32.1. The van der Waals surface area contributed by atoms with Crippen LogP contribution in [0.3, 0.4) is 0 Å². The molecule has 0 saturated carbocycles. The summed E-state index contributed by atoms with van der Waals surface area (Å²) < 4.78 is 0. The summed E-state index contributed by atoms with van der Waals surface area (Å²) in [4.78, 5) is 19.1. The molecule has 0 aromatic carbocycles. The molecule has 100 valence electrons. The molecule has 19 heavy (non-hydrogen) atoms. The third-order valence-electron chi connectivity index (χ3n) is 2.82. The molecular formula is C14H16N2O2S. The maximum atomic E-state index is 12.5. The number of pyridine rings is 1. The molecule has 0 radical (unpaired) electrons. The topological polar surface area (TPSA) is 53.4 Å². The molecule has 1 N–H and O–H groups in total. The molecule has 0 spiro atoms. The Labute approximate surface area is 116 Å². The van der Waals surface area contributed by atoms with Crippen LogP contribution >= 0.6 is 11.3 Å². The van der Waals surface area contributed by atoms with Gasteiger partial charge in [0, 0.05) is 17.1 Å². The average Bonchev–Trinajstić information content (AvgIpc) is 2.88. The van der Waals surface area contributed by atoms with E-state index in [4.69, 9.17) is 0 Å². The first-order valence-electron chi connectivity index (χ1n) is 6.06. The molecule has 0 atom stereocenters. The fraction of sp³-hybridized carbons (Fsp3) is 0.286. The highest BCUT2D eigenvalue weighted by Crippen LogP contribution is 2.21. The Morgan fingerprint density at radius 3 is 2.84 bits per heavy atom. The number of carbonyl (C=O) groups is 1. The summed E-state index contributed by atoms with van der Waals surface area (Å²) in [6.07, 6.45) is 2.80. The zero-order valence-corrected chi connectivity index (χ0v) is 11.7. The zero-order chi connectivity index (χ0) is 13.8. The SMILES string of the molecule is CC(C)N(Cc1cccs1)C(=O)c1ccncc1O. The highest BCUT2D eigenvalue weighted by Gasteiger charge is 2.21. The average molecular weight is 276 g/mol. The second-order valence-electron chi connectivity index (χ2n) is 4.50. The van der Waals surface area contributed by atoms with Crippen molar-refractivity contribution in [3.63, 3.8) is 0 Å². The van der Waals surface area contributed by atoms with Crippen molar-refractivity contribution in [3.05, 3.63) is 46.4 Å². The maximum absolute atomic E-state index is 12.5. The Kier molecular flexibility index (Phi) is 4.16. The summed E-state index contributed by atoms with van der Waals surface area (Å²) in [6, 6.07) is 5.57. The molecule has 2 heterocycles. The van der Waals surface area contributed by atoms with Gasteiger partial charge in [-0.3, -0.25) is 9.78 Å². The Balaban J connectivity index is 2.24. The van der Waals surface area contributed by atoms with E-state index >= 15 is 0 Å². The Morgan fingerprint density at radius 1 is 1.47 bits per heavy atom. The summed E-state index contributed by atoms with van der Waals surface area (Å²) >= 11 is 1.62. The Bertz CT molecular complexity index is 552. The predicted octanol–water partition coefficient (Wildman–Crippen LogP) is 2.90. The van der Waals surface area contributed by atoms with Gasteiger partial charge in [-0.05, 0) is 31.4 Å². The summed E-state index contributed by atoms with van der Waals surface area (Å²) in [5, 5.41) is 11.7. The van der Waals surface area contributed by atoms with E-state index in [1.54, 1.807) is 22.3 Å². The quantitative estimate of drug-likeness (QED) is 0.934. The summed E-state index contributed by atoms with van der Waals surface area (Å²) in [7, 11) is 0. The summed E-state index contributed by atoms with van der Waals surface area (Å²) in [5.74, 6) is -0.257. The number of hydrogen-bond donors (Lipinski definition) is 1. The van der Waals surface area contributed by atoms with Crippen LogP contribution in [-0.2, 0) is 6.54 Å². The van der Waals surface area contributed by atoms with Gasteiger partial charge in [0.2, 0.25) is 0 Å². The molecule has 0 bridgehead atoms. The molecule has 0 aliphatic carbocycles. The third-order valence-corrected chi connectivity index (χ3v) is 3.68. The number of aromatic hydroxyl groups is 1. The van der Waals surface area contributed by atoms with Crippen molar-refractivity contribution in [2.24, 2.45) is 0 Å². The van der Waals surface area contributed by atoms with Gasteiger partial charge in [0.25, 0.3) is 5.91 Å². The molecule has 0 aliphatic heterocycles. The monoisotopic (exact) mass is 276 g/mol. The maximum Gasteiger partial charge on any atom is 0.258 e. The molecule has 5 heteroatoms. The molecule has 1 amide bonds. The van der Waals surface area contributed by atoms with Crippen LogP contribution in [0.15, 0.2) is 36.0 Å². The summed E-state index contributed by atoms with van der Waals surface area (Å²) in [6.45, 7) is 4.48. The molecular weight excluding hydrogens is 260 g/mol. The van der Waals surface area contributed by atoms with Crippen LogP contribution in [-0.4, -0.2) is 26.9 Å². The van der Waals surface area contributed by atoms with Gasteiger partial charge >= 0.3 is 0 Å². The van der Waals surface area contributed by atoms with Crippen LogP contribution in [0, 0.1) is 0 Å². The molecule has 4 nitrogen and oxygen atoms in total. The molecule has 0 unspecified atom stereocenters. The number of rotatable bonds is 4. The number of aromatic nitrogens is 1. The van der Waals surface area contributed by atoms with Crippen LogP contribution in [0.2, 0.25) is 0 Å². The molecule has 2 aromatic heterocycles. The van der Waals surface area contributed by atoms with Crippen LogP contribution in [0.1, 0.15) is 29.1 Å². The minimum atomic E-state index is -0.177. The number of carbonyl (C=O) groups excluding carboxylic acids is 1. The smallest absolute Gasteiger partial charge is 0.258 e. The Hall–Kier alpha value is -1.88. The first-order chi connectivity index (χ1) is 9.09. The van der Waals surface area contributed by atoms with Crippen molar-refractivity contribution >= 4 is 17.2 Å². The van der Waals surface area contributed by atoms with Crippen LogP contribution < -0.4 is 0 Å². The third kappa shape index (κ3) is 3.12. The second-order valence-corrected chi connectivity index (χ2v) is 5.53. The molecule has 0 aliphatic rings. The van der Waals surface area contributed by atoms with E-state index in [2.05, 4.69) is 4.98 Å². The van der Waals surface area contributed by atoms with Gasteiger partial charge in [-0.15, -0.1) is 11.3 Å². The van der Waals surface area contributed by atoms with Gasteiger partial charge in [0.15, 0.2) is 0 Å². The van der Waals surface area contributed by atoms with Gasteiger partial charge < -0.3 is 10.0 Å². The predicted molar refractivity (Wildman–Crippen MR) is 75.2 cm³/mol. The normalized spacial score (nSPS) is 10.7. The van der Waals surface area contributed by atoms with Crippen molar-refractivity contribution in [2.75, 3.05) is 0 Å². The van der Waals surface area contributed by atoms with Gasteiger partial charge in [-0.1, -0.05) is 6.07 Å². The van der Waals surface area contributed by atoms with Crippen molar-refractivity contribution in [2.45, 2.75) is 26.4 Å². The number of hydrogen-bond acceptors (Lipinski definition) is 4. The molecule has 0 fully saturated rings. The lowest BCUT2D eigenvalue weighted by Crippen LogP contribution is -2.36. The second kappa shape index (κ2) is 5.84. The van der Waals surface area contributed by atoms with Crippen molar-refractivity contribution in [3.8, 4) is 5.75 Å². The minimum absolute atomic E-state index is 0.0576. The van der Waals surface area contributed by atoms with Gasteiger partial charge in [-0.25, -0.2) is 0 Å². The fourth-order valence-corrected chi connectivity index (χ4v) is 2.48. The minimum Gasteiger partial charge on any atom is -0.505 e. The number of amides is 1. The zero-order valence-electron chi connectivity index (χ0n) is 10.9. The van der Waals surface area contributed by atoms with E-state index in [1.807, 2.05) is 31.4 Å². The van der Waals surface area contributed by atoms with Gasteiger partial charge in [0.05, 0.1) is 18.3 Å². The van der Waals surface area contributed by atoms with E-state index < -0.39 is 0 Å². The molecule has 0 saturated heterocycles. The van der Waals surface area contributed by atoms with Crippen LogP contribution in [0.4, 0.5) is 0 Å². The van der Waals surface area contributed by atoms with E-state index in [0.717, 1.165) is 4.88 Å². The van der Waals surface area contributed by atoms with Crippen LogP contribution in [0.5, 0.6) is 5.75 Å². The number of thiophene rings is 1. The van der Waals surface area contributed by atoms with E-state index in [0.29, 0.717) is 12.1 Å². The Morgan fingerprint density at radius 2 is 2.26 bits per heavy atom. The summed E-state index contributed by atoms with van der Waals surface area (Å²) in [5.41, 5.74) is 0.292. The number of nitrogens with zero attached hydrogens (tertiary/aromatic N) is 2. The van der Waals surface area contributed by atoms with Gasteiger partial charge in [-0.2, -0.15) is 0 Å². The first-order valence-corrected chi connectivity index (χ1v) is 6.94. The first kappa shape index (κ1) is 13.5. The molecule has 2 aromatic rings. The van der Waals surface area contributed by atoms with Crippen LogP contribution in [0.25, 0.3) is 0 Å². The van der Waals surface area contributed by atoms with E-state index in [1.165, 1.54) is 12.4 Å². The van der Waals surface area contributed by atoms with Crippen molar-refractivity contribution in [1.29, 1.82) is 0 Å². The van der Waals surface area contributed by atoms with E-state index in [-0.39, 0.29) is 17.7 Å². The lowest BCUT2D eigenvalue weighted by molar-refractivity contribution is 0.0689. The van der Waals surface area contributed by atoms with Crippen molar-refractivity contribution < 1.29 is 9.90 Å². The molecule has 2 rings (SSSR count).